The highest BCUT2D eigenvalue weighted by Gasteiger charge is 2.56. The van der Waals surface area contributed by atoms with Crippen LogP contribution in [0.15, 0.2) is 0 Å². The number of hydrogen-bond donors (Lipinski definition) is 1. The van der Waals surface area contributed by atoms with Gasteiger partial charge >= 0.3 is 6.03 Å². The van der Waals surface area contributed by atoms with Crippen LogP contribution in [0.2, 0.25) is 0 Å². The zero-order chi connectivity index (χ0) is 16.7. The molecule has 2 rings (SSSR count). The van der Waals surface area contributed by atoms with Crippen molar-refractivity contribution in [2.75, 3.05) is 13.1 Å². The van der Waals surface area contributed by atoms with Crippen LogP contribution in [-0.4, -0.2) is 52.3 Å². The summed E-state index contributed by atoms with van der Waals surface area (Å²) in [5, 5.41) is 2.77. The number of nitrogens with zero attached hydrogens (tertiary/aromatic N) is 2. The van der Waals surface area contributed by atoms with E-state index in [-0.39, 0.29) is 30.3 Å². The summed E-state index contributed by atoms with van der Waals surface area (Å²) in [5.41, 5.74) is -0.821. The predicted molar refractivity (Wildman–Crippen MR) is 83.1 cm³/mol. The Labute approximate surface area is 132 Å². The molecule has 0 aromatic heterocycles. The topological polar surface area (TPSA) is 69.7 Å². The Morgan fingerprint density at radius 1 is 1.32 bits per heavy atom. The molecule has 0 spiro atoms. The van der Waals surface area contributed by atoms with Gasteiger partial charge in [-0.3, -0.25) is 14.5 Å². The number of rotatable bonds is 6. The molecule has 1 aliphatic heterocycles. The van der Waals surface area contributed by atoms with E-state index < -0.39 is 11.6 Å². The maximum Gasteiger partial charge on any atom is 0.325 e. The molecule has 1 N–H and O–H groups in total. The first-order valence-corrected chi connectivity index (χ1v) is 8.10. The number of amides is 4. The van der Waals surface area contributed by atoms with Gasteiger partial charge in [-0.25, -0.2) is 4.79 Å². The molecule has 4 amide bonds. The van der Waals surface area contributed by atoms with Crippen molar-refractivity contribution in [3.8, 4) is 0 Å². The number of carbonyl (C=O) groups excluding carboxylic acids is 3. The third-order valence-electron chi connectivity index (χ3n) is 4.49. The van der Waals surface area contributed by atoms with Crippen molar-refractivity contribution >= 4 is 17.8 Å². The fourth-order valence-corrected chi connectivity index (χ4v) is 3.02. The molecule has 1 saturated heterocycles. The predicted octanol–water partition coefficient (Wildman–Crippen LogP) is 1.60. The Morgan fingerprint density at radius 3 is 2.36 bits per heavy atom. The Kier molecular flexibility index (Phi) is 4.49. The minimum atomic E-state index is -0.821. The smallest absolute Gasteiger partial charge is 0.325 e. The molecule has 6 heteroatoms. The first kappa shape index (κ1) is 16.8. The highest BCUT2D eigenvalue weighted by molar-refractivity contribution is 6.09. The SMILES string of the molecule is CC(C)CN(C(=O)CN1C(=O)NC(C)(C2CC2)C1=O)C(C)C. The van der Waals surface area contributed by atoms with Crippen LogP contribution in [0, 0.1) is 11.8 Å². The lowest BCUT2D eigenvalue weighted by atomic mass is 9.96. The van der Waals surface area contributed by atoms with E-state index in [9.17, 15) is 14.4 Å². The van der Waals surface area contributed by atoms with Gasteiger partial charge in [0.15, 0.2) is 0 Å². The second-order valence-corrected chi connectivity index (χ2v) is 7.33. The summed E-state index contributed by atoms with van der Waals surface area (Å²) < 4.78 is 0. The first-order valence-electron chi connectivity index (χ1n) is 8.10. The van der Waals surface area contributed by atoms with Crippen LogP contribution in [0.4, 0.5) is 4.79 Å². The Balaban J connectivity index is 2.07. The fraction of sp³-hybridized carbons (Fsp3) is 0.812. The average molecular weight is 309 g/mol. The third kappa shape index (κ3) is 3.10. The molecule has 22 heavy (non-hydrogen) atoms. The summed E-state index contributed by atoms with van der Waals surface area (Å²) in [6, 6.07) is -0.397. The molecule has 6 nitrogen and oxygen atoms in total. The largest absolute Gasteiger partial charge is 0.338 e. The van der Waals surface area contributed by atoms with E-state index in [2.05, 4.69) is 5.32 Å². The van der Waals surface area contributed by atoms with Crippen LogP contribution in [-0.2, 0) is 9.59 Å². The van der Waals surface area contributed by atoms with E-state index >= 15 is 0 Å². The zero-order valence-electron chi connectivity index (χ0n) is 14.2. The van der Waals surface area contributed by atoms with Crippen LogP contribution in [0.5, 0.6) is 0 Å². The number of imide groups is 1. The van der Waals surface area contributed by atoms with E-state index in [4.69, 9.17) is 0 Å². The lowest BCUT2D eigenvalue weighted by Gasteiger charge is -2.30. The molecule has 0 radical (unpaired) electrons. The quantitative estimate of drug-likeness (QED) is 0.758. The molecule has 1 unspecified atom stereocenters. The molecule has 1 saturated carbocycles. The molecule has 124 valence electrons. The molecular formula is C16H27N3O3. The Hall–Kier alpha value is -1.59. The van der Waals surface area contributed by atoms with E-state index in [1.165, 1.54) is 0 Å². The van der Waals surface area contributed by atoms with Crippen LogP contribution < -0.4 is 5.32 Å². The van der Waals surface area contributed by atoms with Gasteiger partial charge in [-0.2, -0.15) is 0 Å². The molecule has 2 fully saturated rings. The lowest BCUT2D eigenvalue weighted by molar-refractivity contribution is -0.140. The molecule has 1 aliphatic carbocycles. The molecule has 2 aliphatic rings. The number of hydrogen-bond acceptors (Lipinski definition) is 3. The molecule has 1 atom stereocenters. The summed E-state index contributed by atoms with van der Waals surface area (Å²) in [7, 11) is 0. The van der Waals surface area contributed by atoms with Crippen molar-refractivity contribution in [3.05, 3.63) is 0 Å². The first-order chi connectivity index (χ1) is 10.2. The van der Waals surface area contributed by atoms with Crippen LogP contribution in [0.3, 0.4) is 0 Å². The van der Waals surface area contributed by atoms with Gasteiger partial charge in [0.2, 0.25) is 5.91 Å². The molecule has 0 aromatic carbocycles. The van der Waals surface area contributed by atoms with Crippen molar-refractivity contribution in [2.45, 2.75) is 59.0 Å². The summed E-state index contributed by atoms with van der Waals surface area (Å²) >= 11 is 0. The molecule has 0 aromatic rings. The monoisotopic (exact) mass is 309 g/mol. The van der Waals surface area contributed by atoms with Gasteiger partial charge in [0.05, 0.1) is 0 Å². The van der Waals surface area contributed by atoms with E-state index in [1.807, 2.05) is 27.7 Å². The normalized spacial score (nSPS) is 25.1. The minimum Gasteiger partial charge on any atom is -0.338 e. The Bertz CT molecular complexity index is 485. The molecular weight excluding hydrogens is 282 g/mol. The maximum atomic E-state index is 12.5. The number of urea groups is 1. The van der Waals surface area contributed by atoms with Gasteiger partial charge < -0.3 is 10.2 Å². The van der Waals surface area contributed by atoms with Crippen molar-refractivity contribution in [3.63, 3.8) is 0 Å². The zero-order valence-corrected chi connectivity index (χ0v) is 14.2. The highest BCUT2D eigenvalue weighted by Crippen LogP contribution is 2.42. The second kappa shape index (κ2) is 5.89. The van der Waals surface area contributed by atoms with E-state index in [0.717, 1.165) is 17.7 Å². The van der Waals surface area contributed by atoms with E-state index in [1.54, 1.807) is 11.8 Å². The summed E-state index contributed by atoms with van der Waals surface area (Å²) in [5.74, 6) is 0.112. The highest BCUT2D eigenvalue weighted by atomic mass is 16.2. The molecule has 1 heterocycles. The van der Waals surface area contributed by atoms with Gasteiger partial charge in [0.1, 0.15) is 12.1 Å². The second-order valence-electron chi connectivity index (χ2n) is 7.33. The average Bonchev–Trinajstić information content (AvgIpc) is 3.21. The standard InChI is InChI=1S/C16H27N3O3/c1-10(2)8-18(11(3)4)13(20)9-19-14(21)16(5,12-6-7-12)17-15(19)22/h10-12H,6-9H2,1-5H3,(H,17,22). The van der Waals surface area contributed by atoms with Crippen molar-refractivity contribution in [1.29, 1.82) is 0 Å². The summed E-state index contributed by atoms with van der Waals surface area (Å²) in [6.45, 7) is 10.2. The van der Waals surface area contributed by atoms with Crippen molar-refractivity contribution in [2.24, 2.45) is 11.8 Å². The molecule has 0 bridgehead atoms. The minimum absolute atomic E-state index is 0.0467. The maximum absolute atomic E-state index is 12.5. The summed E-state index contributed by atoms with van der Waals surface area (Å²) in [4.78, 5) is 40.0. The van der Waals surface area contributed by atoms with Crippen molar-refractivity contribution in [1.82, 2.24) is 15.1 Å². The number of nitrogens with one attached hydrogen (secondary N) is 1. The van der Waals surface area contributed by atoms with Gasteiger partial charge in [-0.15, -0.1) is 0 Å². The van der Waals surface area contributed by atoms with Crippen molar-refractivity contribution < 1.29 is 14.4 Å². The van der Waals surface area contributed by atoms with Gasteiger partial charge in [-0.1, -0.05) is 13.8 Å². The van der Waals surface area contributed by atoms with Crippen LogP contribution in [0.25, 0.3) is 0 Å². The summed E-state index contributed by atoms with van der Waals surface area (Å²) in [6.07, 6.45) is 1.91. The third-order valence-corrected chi connectivity index (χ3v) is 4.49. The van der Waals surface area contributed by atoms with Gasteiger partial charge in [-0.05, 0) is 45.4 Å². The van der Waals surface area contributed by atoms with E-state index in [0.29, 0.717) is 12.5 Å². The van der Waals surface area contributed by atoms with Crippen LogP contribution in [0.1, 0.15) is 47.5 Å². The lowest BCUT2D eigenvalue weighted by Crippen LogP contribution is -2.48. The van der Waals surface area contributed by atoms with Gasteiger partial charge in [0, 0.05) is 12.6 Å². The fourth-order valence-electron chi connectivity index (χ4n) is 3.02. The number of carbonyl (C=O) groups is 3. The Morgan fingerprint density at radius 2 is 1.91 bits per heavy atom. The van der Waals surface area contributed by atoms with Gasteiger partial charge in [0.25, 0.3) is 5.91 Å². The van der Waals surface area contributed by atoms with Crippen LogP contribution >= 0.6 is 0 Å².